The second kappa shape index (κ2) is 7.05. The van der Waals surface area contributed by atoms with Crippen LogP contribution in [0.3, 0.4) is 0 Å². The Kier molecular flexibility index (Phi) is 4.85. The molecule has 1 heterocycles. The number of nitrogens with one attached hydrogen (secondary N) is 1. The fourth-order valence-corrected chi connectivity index (χ4v) is 3.30. The Morgan fingerprint density at radius 2 is 2.12 bits per heavy atom. The number of anilines is 1. The maximum atomic E-state index is 12.0. The van der Waals surface area contributed by atoms with E-state index in [4.69, 9.17) is 9.15 Å². The summed E-state index contributed by atoms with van der Waals surface area (Å²) in [6.07, 6.45) is 4.31. The summed E-state index contributed by atoms with van der Waals surface area (Å²) < 4.78 is 10.8. The third-order valence-corrected chi connectivity index (χ3v) is 4.75. The molecule has 1 atom stereocenters. The summed E-state index contributed by atoms with van der Waals surface area (Å²) in [5.41, 5.74) is 1.92. The zero-order valence-corrected chi connectivity index (χ0v) is 14.6. The Morgan fingerprint density at radius 1 is 1.29 bits per heavy atom. The molecule has 0 amide bonds. The number of hydrogen-bond donors (Lipinski definition) is 1. The van der Waals surface area contributed by atoms with Gasteiger partial charge in [0.1, 0.15) is 5.76 Å². The van der Waals surface area contributed by atoms with Gasteiger partial charge in [0.2, 0.25) is 0 Å². The minimum atomic E-state index is -0.423. The number of allylic oxidation sites excluding steroid dienone is 2. The van der Waals surface area contributed by atoms with E-state index in [0.29, 0.717) is 28.6 Å². The lowest BCUT2D eigenvalue weighted by Crippen LogP contribution is -2.16. The van der Waals surface area contributed by atoms with E-state index in [1.54, 1.807) is 24.5 Å². The smallest absolute Gasteiger partial charge is 0.339 e. The third kappa shape index (κ3) is 3.43. The summed E-state index contributed by atoms with van der Waals surface area (Å²) in [7, 11) is 1.34. The Morgan fingerprint density at radius 3 is 2.83 bits per heavy atom. The number of carbonyl (C=O) groups excluding carboxylic acids is 2. The molecule has 1 aromatic carbocycles. The molecule has 1 aliphatic carbocycles. The molecule has 24 heavy (non-hydrogen) atoms. The second-order valence-corrected chi connectivity index (χ2v) is 6.33. The molecular weight excluding hydrogens is 374 g/mol. The van der Waals surface area contributed by atoms with Crippen molar-refractivity contribution in [2.45, 2.75) is 18.8 Å². The van der Waals surface area contributed by atoms with E-state index in [-0.39, 0.29) is 11.7 Å². The fraction of sp³-hybridized carbons (Fsp3) is 0.222. The van der Waals surface area contributed by atoms with Gasteiger partial charge in [0.25, 0.3) is 0 Å². The summed E-state index contributed by atoms with van der Waals surface area (Å²) in [5.74, 6) is 0.443. The van der Waals surface area contributed by atoms with Gasteiger partial charge in [-0.05, 0) is 46.6 Å². The molecule has 1 unspecified atom stereocenters. The van der Waals surface area contributed by atoms with Gasteiger partial charge in [-0.25, -0.2) is 4.79 Å². The van der Waals surface area contributed by atoms with Crippen LogP contribution in [0.4, 0.5) is 5.69 Å². The highest BCUT2D eigenvalue weighted by Gasteiger charge is 2.25. The van der Waals surface area contributed by atoms with E-state index in [0.717, 1.165) is 11.5 Å². The standard InChI is InChI=1S/C18H16BrNO4/c1-23-18(22)14-4-2-5-15(17(14)19)20-12-8-11(9-13(21)10-12)16-6-3-7-24-16/h2-7,10-11,20H,8-9H2,1H3. The Hall–Kier alpha value is -2.34. The highest BCUT2D eigenvalue weighted by molar-refractivity contribution is 9.10. The minimum absolute atomic E-state index is 0.0163. The molecule has 0 radical (unpaired) electrons. The molecule has 0 saturated carbocycles. The van der Waals surface area contributed by atoms with Gasteiger partial charge >= 0.3 is 5.97 Å². The van der Waals surface area contributed by atoms with Crippen LogP contribution in [-0.4, -0.2) is 18.9 Å². The third-order valence-electron chi connectivity index (χ3n) is 3.89. The predicted molar refractivity (Wildman–Crippen MR) is 92.9 cm³/mol. The lowest BCUT2D eigenvalue weighted by atomic mass is 9.89. The SMILES string of the molecule is COC(=O)c1cccc(NC2=CC(=O)CC(c3ccco3)C2)c1Br. The number of methoxy groups -OCH3 is 1. The summed E-state index contributed by atoms with van der Waals surface area (Å²) >= 11 is 3.42. The summed E-state index contributed by atoms with van der Waals surface area (Å²) in [6.45, 7) is 0. The number of furan rings is 1. The van der Waals surface area contributed by atoms with Gasteiger partial charge in [0.05, 0.1) is 29.1 Å². The van der Waals surface area contributed by atoms with Gasteiger partial charge in [-0.15, -0.1) is 0 Å². The van der Waals surface area contributed by atoms with Gasteiger partial charge in [-0.1, -0.05) is 6.07 Å². The van der Waals surface area contributed by atoms with Gasteiger partial charge in [0, 0.05) is 24.1 Å². The van der Waals surface area contributed by atoms with Crippen molar-refractivity contribution in [2.24, 2.45) is 0 Å². The van der Waals surface area contributed by atoms with Gasteiger partial charge in [-0.2, -0.15) is 0 Å². The molecule has 0 spiro atoms. The zero-order chi connectivity index (χ0) is 17.1. The predicted octanol–water partition coefficient (Wildman–Crippen LogP) is 4.27. The van der Waals surface area contributed by atoms with Crippen LogP contribution in [0.15, 0.2) is 57.3 Å². The van der Waals surface area contributed by atoms with Gasteiger partial charge in [0.15, 0.2) is 5.78 Å². The highest BCUT2D eigenvalue weighted by atomic mass is 79.9. The molecule has 124 valence electrons. The quantitative estimate of drug-likeness (QED) is 0.790. The summed E-state index contributed by atoms with van der Waals surface area (Å²) in [6, 6.07) is 8.97. The first-order valence-electron chi connectivity index (χ1n) is 7.49. The largest absolute Gasteiger partial charge is 0.469 e. The number of carbonyl (C=O) groups is 2. The van der Waals surface area contributed by atoms with Crippen molar-refractivity contribution in [2.75, 3.05) is 12.4 Å². The van der Waals surface area contributed by atoms with Crippen LogP contribution in [0.5, 0.6) is 0 Å². The first-order valence-corrected chi connectivity index (χ1v) is 8.28. The van der Waals surface area contributed by atoms with Crippen LogP contribution in [0.2, 0.25) is 0 Å². The van der Waals surface area contributed by atoms with Crippen molar-refractivity contribution >= 4 is 33.4 Å². The number of halogens is 1. The Balaban J connectivity index is 1.83. The van der Waals surface area contributed by atoms with Crippen molar-refractivity contribution in [3.05, 3.63) is 64.2 Å². The number of ketones is 1. The molecule has 6 heteroatoms. The molecule has 1 aliphatic rings. The normalized spacial score (nSPS) is 17.3. The lowest BCUT2D eigenvalue weighted by molar-refractivity contribution is -0.115. The van der Waals surface area contributed by atoms with Crippen LogP contribution >= 0.6 is 15.9 Å². The number of hydrogen-bond acceptors (Lipinski definition) is 5. The zero-order valence-electron chi connectivity index (χ0n) is 13.0. The molecule has 3 rings (SSSR count). The maximum absolute atomic E-state index is 12.0. The lowest BCUT2D eigenvalue weighted by Gasteiger charge is -2.22. The van der Waals surface area contributed by atoms with Crippen LogP contribution < -0.4 is 5.32 Å². The van der Waals surface area contributed by atoms with Crippen molar-refractivity contribution in [3.8, 4) is 0 Å². The van der Waals surface area contributed by atoms with E-state index >= 15 is 0 Å². The Bertz CT molecular complexity index is 795. The van der Waals surface area contributed by atoms with Crippen LogP contribution in [0.25, 0.3) is 0 Å². The Labute approximate surface area is 147 Å². The maximum Gasteiger partial charge on any atom is 0.339 e. The molecule has 0 aliphatic heterocycles. The van der Waals surface area contributed by atoms with Gasteiger partial charge in [-0.3, -0.25) is 4.79 Å². The van der Waals surface area contributed by atoms with Gasteiger partial charge < -0.3 is 14.5 Å². The average Bonchev–Trinajstić information content (AvgIpc) is 3.10. The first-order chi connectivity index (χ1) is 11.6. The van der Waals surface area contributed by atoms with E-state index in [9.17, 15) is 9.59 Å². The fourth-order valence-electron chi connectivity index (χ4n) is 2.77. The molecule has 2 aromatic rings. The summed E-state index contributed by atoms with van der Waals surface area (Å²) in [4.78, 5) is 23.8. The average molecular weight is 390 g/mol. The first kappa shape index (κ1) is 16.5. The van der Waals surface area contributed by atoms with Crippen LogP contribution in [0.1, 0.15) is 34.9 Å². The van der Waals surface area contributed by atoms with Crippen molar-refractivity contribution in [1.82, 2.24) is 0 Å². The monoisotopic (exact) mass is 389 g/mol. The molecular formula is C18H16BrNO4. The number of rotatable bonds is 4. The topological polar surface area (TPSA) is 68.5 Å². The minimum Gasteiger partial charge on any atom is -0.469 e. The number of ether oxygens (including phenoxy) is 1. The van der Waals surface area contributed by atoms with E-state index < -0.39 is 5.97 Å². The number of esters is 1. The van der Waals surface area contributed by atoms with Crippen molar-refractivity contribution < 1.29 is 18.7 Å². The van der Waals surface area contributed by atoms with Crippen molar-refractivity contribution in [1.29, 1.82) is 0 Å². The second-order valence-electron chi connectivity index (χ2n) is 5.54. The molecule has 5 nitrogen and oxygen atoms in total. The van der Waals surface area contributed by atoms with Crippen molar-refractivity contribution in [3.63, 3.8) is 0 Å². The molecule has 1 N–H and O–H groups in total. The molecule has 0 bridgehead atoms. The van der Waals surface area contributed by atoms with E-state index in [2.05, 4.69) is 21.2 Å². The highest BCUT2D eigenvalue weighted by Crippen LogP contribution is 2.34. The summed E-state index contributed by atoms with van der Waals surface area (Å²) in [5, 5.41) is 3.23. The molecule has 0 fully saturated rings. The van der Waals surface area contributed by atoms with Crippen LogP contribution in [0, 0.1) is 0 Å². The molecule has 1 aromatic heterocycles. The number of benzene rings is 1. The molecule has 0 saturated heterocycles. The van der Waals surface area contributed by atoms with E-state index in [1.165, 1.54) is 7.11 Å². The van der Waals surface area contributed by atoms with Crippen LogP contribution in [-0.2, 0) is 9.53 Å². The van der Waals surface area contributed by atoms with E-state index in [1.807, 2.05) is 18.2 Å².